The van der Waals surface area contributed by atoms with Crippen molar-refractivity contribution in [3.8, 4) is 0 Å². The topological polar surface area (TPSA) is 309 Å². The number of pyridine rings is 6. The van der Waals surface area contributed by atoms with Gasteiger partial charge in [-0.05, 0) is 72.8 Å². The van der Waals surface area contributed by atoms with Crippen molar-refractivity contribution < 1.29 is 102 Å². The molecule has 0 saturated heterocycles. The van der Waals surface area contributed by atoms with E-state index < -0.39 is 20.5 Å². The molecule has 6 aromatic rings. The van der Waals surface area contributed by atoms with Crippen molar-refractivity contribution in [2.45, 2.75) is 39.3 Å². The first-order valence-electron chi connectivity index (χ1n) is 16.8. The zero-order valence-corrected chi connectivity index (χ0v) is 35.6. The van der Waals surface area contributed by atoms with Gasteiger partial charge in [0.2, 0.25) is 0 Å². The van der Waals surface area contributed by atoms with E-state index >= 15 is 0 Å². The van der Waals surface area contributed by atoms with Gasteiger partial charge in [0.15, 0.2) is 0 Å². The largest absolute Gasteiger partial charge is 2.00 e. The van der Waals surface area contributed by atoms with Gasteiger partial charge in [0, 0.05) is 90.7 Å². The van der Waals surface area contributed by atoms with E-state index in [0.717, 1.165) is 87.7 Å². The number of rotatable bonds is 12. The number of aromatic nitrogens is 6. The van der Waals surface area contributed by atoms with Crippen molar-refractivity contribution in [2.75, 3.05) is 14.2 Å². The maximum atomic E-state index is 8.49. The molecular formula is C38H44Cl2Cu2N8O10+2. The summed E-state index contributed by atoms with van der Waals surface area (Å²) in [5, 5.41) is 14.0. The van der Waals surface area contributed by atoms with Gasteiger partial charge in [-0.15, -0.1) is 20.5 Å². The fraction of sp³-hybridized carbons (Fsp3) is 0.211. The van der Waals surface area contributed by atoms with Gasteiger partial charge < -0.3 is 10.2 Å². The summed E-state index contributed by atoms with van der Waals surface area (Å²) in [7, 11) is -7.89. The standard InChI is InChI=1S/2C18H18N4.2CH4O.2ClHO4.2Cu/c2*1-4-10-19-16(7-1)13-22(14-17-8-2-5-11-20-17)15-18-9-3-6-12-21-18;2*1-2;2*2-1(3,4)5;;/h2*1-12H,13-15H2;2*2H,1H3;2*(H,2,3,4,5);;/q;;;;;;2*+2/p-2. The molecule has 0 spiro atoms. The molecule has 0 fully saturated rings. The Labute approximate surface area is 374 Å². The van der Waals surface area contributed by atoms with E-state index in [4.69, 9.17) is 47.5 Å². The summed E-state index contributed by atoms with van der Waals surface area (Å²) in [4.78, 5) is 31.1. The molecule has 2 N–H and O–H groups in total. The Morgan fingerprint density at radius 2 is 0.467 bits per heavy atom. The maximum Gasteiger partial charge on any atom is 2.00 e. The van der Waals surface area contributed by atoms with Gasteiger partial charge in [-0.25, -0.2) is 37.3 Å². The smallest absolute Gasteiger partial charge is 0.400 e. The monoisotopic (exact) mass is 968 g/mol. The molecule has 0 aliphatic rings. The Bertz CT molecular complexity index is 1490. The van der Waals surface area contributed by atoms with Gasteiger partial charge in [0.1, 0.15) is 0 Å². The molecule has 0 aliphatic heterocycles. The average Bonchev–Trinajstić information content (AvgIpc) is 3.21. The van der Waals surface area contributed by atoms with E-state index in [1.807, 2.05) is 146 Å². The fourth-order valence-corrected chi connectivity index (χ4v) is 4.66. The first kappa shape index (κ1) is 58.1. The van der Waals surface area contributed by atoms with Crippen LogP contribution in [0.1, 0.15) is 34.2 Å². The van der Waals surface area contributed by atoms with Gasteiger partial charge in [0.05, 0.1) is 34.2 Å². The van der Waals surface area contributed by atoms with E-state index in [0.29, 0.717) is 0 Å². The summed E-state index contributed by atoms with van der Waals surface area (Å²) in [6, 6.07) is 36.0. The van der Waals surface area contributed by atoms with Gasteiger partial charge in [-0.1, -0.05) is 36.4 Å². The number of hydrogen-bond acceptors (Lipinski definition) is 18. The summed E-state index contributed by atoms with van der Waals surface area (Å²) in [5.74, 6) is 0. The normalized spacial score (nSPS) is 10.1. The number of aliphatic hydroxyl groups is 2. The summed E-state index contributed by atoms with van der Waals surface area (Å²) in [5.41, 5.74) is 6.30. The second kappa shape index (κ2) is 34.7. The Kier molecular flexibility index (Phi) is 33.6. The Morgan fingerprint density at radius 3 is 0.567 bits per heavy atom. The van der Waals surface area contributed by atoms with Crippen molar-refractivity contribution in [3.05, 3.63) is 181 Å². The van der Waals surface area contributed by atoms with Crippen molar-refractivity contribution in [3.63, 3.8) is 0 Å². The number of hydrogen-bond donors (Lipinski definition) is 2. The molecule has 0 saturated carbocycles. The predicted molar refractivity (Wildman–Crippen MR) is 188 cm³/mol. The van der Waals surface area contributed by atoms with Gasteiger partial charge in [0.25, 0.3) is 0 Å². The molecule has 0 amide bonds. The molecule has 6 rings (SSSR count). The Balaban J connectivity index is 0. The molecule has 0 bridgehead atoms. The summed E-state index contributed by atoms with van der Waals surface area (Å²) < 4.78 is 67.9. The molecule has 6 heterocycles. The van der Waals surface area contributed by atoms with Crippen LogP contribution in [0.2, 0.25) is 0 Å². The minimum atomic E-state index is -4.94. The van der Waals surface area contributed by atoms with Crippen LogP contribution in [0.5, 0.6) is 0 Å². The second-order valence-corrected chi connectivity index (χ2v) is 12.5. The number of halogens is 2. The van der Waals surface area contributed by atoms with Crippen LogP contribution in [-0.4, -0.2) is 64.1 Å². The quantitative estimate of drug-likeness (QED) is 0.110. The van der Waals surface area contributed by atoms with E-state index in [2.05, 4.69) is 39.7 Å². The third-order valence-electron chi connectivity index (χ3n) is 6.67. The SMILES string of the molecule is CO.CO.[Cu+2].[Cu+2].[O-][Cl+3]([O-])([O-])[O-].[O-][Cl+3]([O-])([O-])[O-].c1ccc(CN(Cc2ccccn2)Cc2ccccn2)nc1.c1ccc(CN(Cc2ccccn2)Cc2ccccn2)nc1. The molecule has 6 aromatic heterocycles. The van der Waals surface area contributed by atoms with Crippen LogP contribution in [0.25, 0.3) is 0 Å². The van der Waals surface area contributed by atoms with E-state index in [1.54, 1.807) is 0 Å². The van der Waals surface area contributed by atoms with Crippen LogP contribution in [0.15, 0.2) is 146 Å². The van der Waals surface area contributed by atoms with Gasteiger partial charge in [-0.2, -0.15) is 0 Å². The molecule has 0 aliphatic carbocycles. The third kappa shape index (κ3) is 32.8. The Hall–Kier alpha value is -3.96. The molecule has 0 atom stereocenters. The van der Waals surface area contributed by atoms with Crippen LogP contribution in [-0.2, 0) is 73.4 Å². The molecule has 330 valence electrons. The zero-order chi connectivity index (χ0) is 43.1. The minimum absolute atomic E-state index is 0. The Morgan fingerprint density at radius 1 is 0.333 bits per heavy atom. The number of aliphatic hydroxyl groups excluding tert-OH is 2. The molecule has 18 nitrogen and oxygen atoms in total. The van der Waals surface area contributed by atoms with E-state index in [9.17, 15) is 0 Å². The van der Waals surface area contributed by atoms with Crippen LogP contribution in [0.4, 0.5) is 0 Å². The molecule has 22 heteroatoms. The minimum Gasteiger partial charge on any atom is -0.400 e. The van der Waals surface area contributed by atoms with Crippen molar-refractivity contribution in [1.29, 1.82) is 0 Å². The number of nitrogens with zero attached hydrogens (tertiary/aromatic N) is 8. The summed E-state index contributed by atoms with van der Waals surface area (Å²) in [6.07, 6.45) is 11.0. The van der Waals surface area contributed by atoms with Crippen LogP contribution in [0.3, 0.4) is 0 Å². The molecule has 60 heavy (non-hydrogen) atoms. The maximum absolute atomic E-state index is 8.49. The van der Waals surface area contributed by atoms with Crippen LogP contribution < -0.4 is 37.3 Å². The van der Waals surface area contributed by atoms with Crippen LogP contribution in [0, 0.1) is 20.5 Å². The second-order valence-electron chi connectivity index (χ2n) is 11.0. The first-order chi connectivity index (χ1) is 27.8. The zero-order valence-electron chi connectivity index (χ0n) is 32.2. The fourth-order valence-electron chi connectivity index (χ4n) is 4.66. The summed E-state index contributed by atoms with van der Waals surface area (Å²) >= 11 is 0. The van der Waals surface area contributed by atoms with E-state index in [-0.39, 0.29) is 34.1 Å². The van der Waals surface area contributed by atoms with E-state index in [1.165, 1.54) is 0 Å². The summed E-state index contributed by atoms with van der Waals surface area (Å²) in [6.45, 7) is 4.63. The van der Waals surface area contributed by atoms with Gasteiger partial charge >= 0.3 is 34.1 Å². The van der Waals surface area contributed by atoms with Crippen molar-refractivity contribution in [2.24, 2.45) is 0 Å². The molecule has 0 aromatic carbocycles. The van der Waals surface area contributed by atoms with Gasteiger partial charge in [-0.3, -0.25) is 39.7 Å². The van der Waals surface area contributed by atoms with Crippen molar-refractivity contribution in [1.82, 2.24) is 39.7 Å². The third-order valence-corrected chi connectivity index (χ3v) is 6.67. The van der Waals surface area contributed by atoms with Crippen molar-refractivity contribution >= 4 is 0 Å². The molecular weight excluding hydrogens is 926 g/mol. The molecule has 0 unspecified atom stereocenters. The predicted octanol–water partition coefficient (Wildman–Crippen LogP) is -4.15. The average molecular weight is 971 g/mol. The first-order valence-corrected chi connectivity index (χ1v) is 19.2. The van der Waals surface area contributed by atoms with Crippen LogP contribution >= 0.6 is 0 Å². The molecule has 2 radical (unpaired) electrons.